The number of urea groups is 1. The van der Waals surface area contributed by atoms with Gasteiger partial charge in [-0.15, -0.1) is 0 Å². The van der Waals surface area contributed by atoms with E-state index in [4.69, 9.17) is 5.11 Å². The molecule has 1 atom stereocenters. The Kier molecular flexibility index (Phi) is 6.56. The molecule has 0 aliphatic heterocycles. The van der Waals surface area contributed by atoms with Crippen LogP contribution in [-0.2, 0) is 11.3 Å². The third-order valence-corrected chi connectivity index (χ3v) is 2.91. The maximum absolute atomic E-state index is 11.6. The molecule has 0 saturated heterocycles. The molecule has 5 nitrogen and oxygen atoms in total. The standard InChI is InChI=1S/C15H22N2O3/c1-11(2)8-13(14(18)19)10-17-15(20)16-9-12-6-4-3-5-7-12/h3-7,11,13H,8-10H2,1-2H3,(H,18,19)(H2,16,17,20). The monoisotopic (exact) mass is 278 g/mol. The summed E-state index contributed by atoms with van der Waals surface area (Å²) in [4.78, 5) is 22.7. The van der Waals surface area contributed by atoms with E-state index in [-0.39, 0.29) is 18.5 Å². The SMILES string of the molecule is CC(C)CC(CNC(=O)NCc1ccccc1)C(=O)O. The minimum Gasteiger partial charge on any atom is -0.481 e. The number of rotatable bonds is 7. The maximum Gasteiger partial charge on any atom is 0.315 e. The normalized spacial score (nSPS) is 11.9. The van der Waals surface area contributed by atoms with Crippen molar-refractivity contribution >= 4 is 12.0 Å². The van der Waals surface area contributed by atoms with Crippen molar-refractivity contribution in [3.63, 3.8) is 0 Å². The van der Waals surface area contributed by atoms with Crippen LogP contribution in [0.4, 0.5) is 4.79 Å². The van der Waals surface area contributed by atoms with Crippen molar-refractivity contribution in [2.45, 2.75) is 26.8 Å². The highest BCUT2D eigenvalue weighted by Crippen LogP contribution is 2.10. The van der Waals surface area contributed by atoms with E-state index < -0.39 is 11.9 Å². The number of aliphatic carboxylic acids is 1. The minimum atomic E-state index is -0.873. The van der Waals surface area contributed by atoms with Gasteiger partial charge in [-0.05, 0) is 17.9 Å². The first-order chi connectivity index (χ1) is 9.49. The van der Waals surface area contributed by atoms with Gasteiger partial charge in [-0.2, -0.15) is 0 Å². The summed E-state index contributed by atoms with van der Waals surface area (Å²) in [6.07, 6.45) is 0.550. The van der Waals surface area contributed by atoms with Gasteiger partial charge in [0, 0.05) is 13.1 Å². The molecule has 1 rings (SSSR count). The van der Waals surface area contributed by atoms with Crippen LogP contribution in [0, 0.1) is 11.8 Å². The summed E-state index contributed by atoms with van der Waals surface area (Å²) in [7, 11) is 0. The average molecular weight is 278 g/mol. The zero-order valence-corrected chi connectivity index (χ0v) is 11.9. The molecule has 1 unspecified atom stereocenters. The van der Waals surface area contributed by atoms with Gasteiger partial charge >= 0.3 is 12.0 Å². The van der Waals surface area contributed by atoms with Crippen molar-refractivity contribution in [1.82, 2.24) is 10.6 Å². The Morgan fingerprint density at radius 1 is 1.15 bits per heavy atom. The second-order valence-corrected chi connectivity index (χ2v) is 5.21. The van der Waals surface area contributed by atoms with Gasteiger partial charge in [0.2, 0.25) is 0 Å². The van der Waals surface area contributed by atoms with Crippen LogP contribution in [0.2, 0.25) is 0 Å². The Labute approximate surface area is 119 Å². The number of carbonyl (C=O) groups excluding carboxylic acids is 1. The van der Waals surface area contributed by atoms with E-state index in [9.17, 15) is 9.59 Å². The van der Waals surface area contributed by atoms with Gasteiger partial charge in [0.15, 0.2) is 0 Å². The average Bonchev–Trinajstić information content (AvgIpc) is 2.41. The lowest BCUT2D eigenvalue weighted by Gasteiger charge is -2.15. The molecule has 2 amide bonds. The lowest BCUT2D eigenvalue weighted by atomic mass is 9.97. The fourth-order valence-electron chi connectivity index (χ4n) is 1.90. The number of carboxylic acid groups (broad SMARTS) is 1. The molecule has 20 heavy (non-hydrogen) atoms. The van der Waals surface area contributed by atoms with Gasteiger partial charge in [0.25, 0.3) is 0 Å². The Morgan fingerprint density at radius 2 is 1.80 bits per heavy atom. The predicted molar refractivity (Wildman–Crippen MR) is 77.3 cm³/mol. The number of carboxylic acids is 1. The molecule has 0 bridgehead atoms. The first-order valence-electron chi connectivity index (χ1n) is 6.77. The summed E-state index contributed by atoms with van der Waals surface area (Å²) in [6, 6.07) is 9.20. The van der Waals surface area contributed by atoms with Crippen molar-refractivity contribution in [2.24, 2.45) is 11.8 Å². The van der Waals surface area contributed by atoms with Crippen LogP contribution < -0.4 is 10.6 Å². The highest BCUT2D eigenvalue weighted by atomic mass is 16.4. The summed E-state index contributed by atoms with van der Waals surface area (Å²) in [5.41, 5.74) is 1.000. The van der Waals surface area contributed by atoms with Crippen LogP contribution in [0.1, 0.15) is 25.8 Å². The largest absolute Gasteiger partial charge is 0.481 e. The van der Waals surface area contributed by atoms with E-state index in [0.717, 1.165) is 5.56 Å². The summed E-state index contributed by atoms with van der Waals surface area (Å²) < 4.78 is 0. The lowest BCUT2D eigenvalue weighted by Crippen LogP contribution is -2.39. The molecule has 0 saturated carbocycles. The third kappa shape index (κ3) is 6.22. The zero-order valence-electron chi connectivity index (χ0n) is 11.9. The number of benzene rings is 1. The van der Waals surface area contributed by atoms with E-state index >= 15 is 0 Å². The molecule has 1 aromatic carbocycles. The van der Waals surface area contributed by atoms with Gasteiger partial charge in [-0.25, -0.2) is 4.79 Å². The van der Waals surface area contributed by atoms with Gasteiger partial charge in [0.05, 0.1) is 5.92 Å². The van der Waals surface area contributed by atoms with Gasteiger partial charge < -0.3 is 15.7 Å². The highest BCUT2D eigenvalue weighted by molar-refractivity contribution is 5.75. The number of hydrogen-bond donors (Lipinski definition) is 3. The lowest BCUT2D eigenvalue weighted by molar-refractivity contribution is -0.142. The summed E-state index contributed by atoms with van der Waals surface area (Å²) in [5.74, 6) is -1.13. The first kappa shape index (κ1) is 16.0. The molecular weight excluding hydrogens is 256 g/mol. The maximum atomic E-state index is 11.6. The molecule has 0 aromatic heterocycles. The van der Waals surface area contributed by atoms with Crippen molar-refractivity contribution in [1.29, 1.82) is 0 Å². The highest BCUT2D eigenvalue weighted by Gasteiger charge is 2.19. The van der Waals surface area contributed by atoms with E-state index in [0.29, 0.717) is 13.0 Å². The molecule has 0 spiro atoms. The fourth-order valence-corrected chi connectivity index (χ4v) is 1.90. The molecule has 0 aliphatic rings. The summed E-state index contributed by atoms with van der Waals surface area (Å²) >= 11 is 0. The topological polar surface area (TPSA) is 78.4 Å². The molecule has 1 aromatic rings. The molecule has 0 heterocycles. The number of carbonyl (C=O) groups is 2. The molecule has 3 N–H and O–H groups in total. The second-order valence-electron chi connectivity index (χ2n) is 5.21. The second kappa shape index (κ2) is 8.19. The molecule has 0 fully saturated rings. The zero-order chi connectivity index (χ0) is 15.0. The van der Waals surface area contributed by atoms with Crippen LogP contribution in [0.3, 0.4) is 0 Å². The first-order valence-corrected chi connectivity index (χ1v) is 6.77. The van der Waals surface area contributed by atoms with E-state index in [2.05, 4.69) is 10.6 Å². The van der Waals surface area contributed by atoms with E-state index in [1.807, 2.05) is 44.2 Å². The van der Waals surface area contributed by atoms with Crippen molar-refractivity contribution < 1.29 is 14.7 Å². The van der Waals surface area contributed by atoms with Gasteiger partial charge in [-0.3, -0.25) is 4.79 Å². The third-order valence-electron chi connectivity index (χ3n) is 2.91. The molecule has 0 aliphatic carbocycles. The molecular formula is C15H22N2O3. The Morgan fingerprint density at radius 3 is 2.35 bits per heavy atom. The fraction of sp³-hybridized carbons (Fsp3) is 0.467. The van der Waals surface area contributed by atoms with Crippen LogP contribution in [0.15, 0.2) is 30.3 Å². The number of hydrogen-bond acceptors (Lipinski definition) is 2. The predicted octanol–water partition coefficient (Wildman–Crippen LogP) is 2.23. The van der Waals surface area contributed by atoms with Crippen LogP contribution >= 0.6 is 0 Å². The molecule has 110 valence electrons. The smallest absolute Gasteiger partial charge is 0.315 e. The molecule has 0 radical (unpaired) electrons. The Bertz CT molecular complexity index is 432. The van der Waals surface area contributed by atoms with Crippen molar-refractivity contribution in [3.05, 3.63) is 35.9 Å². The van der Waals surface area contributed by atoms with Crippen LogP contribution in [0.25, 0.3) is 0 Å². The van der Waals surface area contributed by atoms with E-state index in [1.54, 1.807) is 0 Å². The van der Waals surface area contributed by atoms with Crippen molar-refractivity contribution in [3.8, 4) is 0 Å². The summed E-state index contributed by atoms with van der Waals surface area (Å²) in [6.45, 7) is 4.50. The Balaban J connectivity index is 2.32. The van der Waals surface area contributed by atoms with Gasteiger partial charge in [-0.1, -0.05) is 44.2 Å². The number of amides is 2. The number of nitrogens with one attached hydrogen (secondary N) is 2. The van der Waals surface area contributed by atoms with Gasteiger partial charge in [0.1, 0.15) is 0 Å². The minimum absolute atomic E-state index is 0.147. The quantitative estimate of drug-likeness (QED) is 0.715. The van der Waals surface area contributed by atoms with Crippen LogP contribution in [-0.4, -0.2) is 23.7 Å². The Hall–Kier alpha value is -2.04. The van der Waals surface area contributed by atoms with Crippen LogP contribution in [0.5, 0.6) is 0 Å². The summed E-state index contributed by atoms with van der Waals surface area (Å²) in [5, 5.41) is 14.4. The van der Waals surface area contributed by atoms with Crippen molar-refractivity contribution in [2.75, 3.05) is 6.54 Å². The van der Waals surface area contributed by atoms with E-state index in [1.165, 1.54) is 0 Å². The molecule has 5 heteroatoms.